The van der Waals surface area contributed by atoms with Crippen LogP contribution < -0.4 is 16.9 Å². The number of benzene rings is 1. The van der Waals surface area contributed by atoms with Gasteiger partial charge < -0.3 is 21.8 Å². The van der Waals surface area contributed by atoms with E-state index < -0.39 is 5.91 Å². The maximum Gasteiger partial charge on any atom is 0.269 e. The van der Waals surface area contributed by atoms with Crippen molar-refractivity contribution in [1.82, 2.24) is 19.5 Å². The van der Waals surface area contributed by atoms with Crippen LogP contribution in [0.25, 0.3) is 11.3 Å². The number of amides is 3. The van der Waals surface area contributed by atoms with E-state index in [4.69, 9.17) is 11.6 Å². The van der Waals surface area contributed by atoms with Crippen molar-refractivity contribution in [2.75, 3.05) is 24.2 Å². The molecule has 186 valence electrons. The first-order chi connectivity index (χ1) is 17.3. The van der Waals surface area contributed by atoms with Crippen LogP contribution in [-0.2, 0) is 11.2 Å². The third-order valence-corrected chi connectivity index (χ3v) is 6.41. The molecule has 3 amide bonds. The molecule has 0 saturated carbocycles. The van der Waals surface area contributed by atoms with Gasteiger partial charge in [0.1, 0.15) is 17.3 Å². The number of anilines is 1. The lowest BCUT2D eigenvalue weighted by Gasteiger charge is -2.30. The number of nitrogens with two attached hydrogens (primary N) is 2. The Bertz CT molecular complexity index is 1310. The van der Waals surface area contributed by atoms with E-state index in [0.29, 0.717) is 54.4 Å². The van der Waals surface area contributed by atoms with Crippen LogP contribution in [0.5, 0.6) is 0 Å². The monoisotopic (exact) mass is 487 g/mol. The molecule has 0 radical (unpaired) electrons. The van der Waals surface area contributed by atoms with Crippen molar-refractivity contribution in [2.24, 2.45) is 5.73 Å². The first-order valence-electron chi connectivity index (χ1n) is 11.8. The lowest BCUT2D eigenvalue weighted by molar-refractivity contribution is -0.127. The molecule has 2 aromatic heterocycles. The number of rotatable bonds is 7. The molecule has 0 aliphatic carbocycles. The number of pyridine rings is 1. The molecule has 1 aromatic carbocycles. The highest BCUT2D eigenvalue weighted by molar-refractivity contribution is 6.04. The molecule has 0 atom stereocenters. The van der Waals surface area contributed by atoms with E-state index in [2.05, 4.69) is 21.9 Å². The summed E-state index contributed by atoms with van der Waals surface area (Å²) < 4.78 is 1.25. The second kappa shape index (κ2) is 10.4. The predicted molar refractivity (Wildman–Crippen MR) is 137 cm³/mol. The summed E-state index contributed by atoms with van der Waals surface area (Å²) in [5, 5.41) is 2.80. The summed E-state index contributed by atoms with van der Waals surface area (Å²) in [6, 6.07) is 10.4. The summed E-state index contributed by atoms with van der Waals surface area (Å²) in [6.07, 6.45) is 5.10. The number of hydrogen-bond donors (Lipinski definition) is 3. The van der Waals surface area contributed by atoms with Crippen molar-refractivity contribution in [3.63, 3.8) is 0 Å². The summed E-state index contributed by atoms with van der Waals surface area (Å²) >= 11 is 0. The molecular formula is C26H29N7O3. The molecule has 3 heterocycles. The number of imidazole rings is 1. The van der Waals surface area contributed by atoms with Crippen LogP contribution in [0.4, 0.5) is 5.82 Å². The number of aryl methyl sites for hydroxylation is 1. The molecule has 0 spiro atoms. The fourth-order valence-electron chi connectivity index (χ4n) is 4.39. The van der Waals surface area contributed by atoms with Crippen LogP contribution in [-0.4, -0.2) is 50.4 Å². The second-order valence-corrected chi connectivity index (χ2v) is 8.64. The van der Waals surface area contributed by atoms with E-state index >= 15 is 0 Å². The molecular weight excluding hydrogens is 458 g/mol. The minimum Gasteiger partial charge on any atom is -0.364 e. The highest BCUT2D eigenvalue weighted by atomic mass is 16.2. The van der Waals surface area contributed by atoms with Crippen LogP contribution in [0.3, 0.4) is 0 Å². The fraction of sp³-hybridized carbons (Fsp3) is 0.269. The van der Waals surface area contributed by atoms with Gasteiger partial charge in [-0.2, -0.15) is 0 Å². The first kappa shape index (κ1) is 24.6. The number of carbonyl (C=O) groups excluding carboxylic acids is 3. The Morgan fingerprint density at radius 3 is 2.47 bits per heavy atom. The SMILES string of the molecule is C=CC(=O)N1CCC(c2nc(-c3ccc(C(=O)Nc4cc(CC)ccn4)cc3)c(C(N)=O)n2N)CC1. The topological polar surface area (TPSA) is 149 Å². The van der Waals surface area contributed by atoms with Crippen LogP contribution >= 0.6 is 0 Å². The van der Waals surface area contributed by atoms with Gasteiger partial charge in [0.25, 0.3) is 11.8 Å². The van der Waals surface area contributed by atoms with E-state index in [1.807, 2.05) is 19.1 Å². The molecule has 10 heteroatoms. The lowest BCUT2D eigenvalue weighted by atomic mass is 9.96. The third kappa shape index (κ3) is 4.97. The predicted octanol–water partition coefficient (Wildman–Crippen LogP) is 2.46. The van der Waals surface area contributed by atoms with Gasteiger partial charge in [0, 0.05) is 36.3 Å². The van der Waals surface area contributed by atoms with Crippen molar-refractivity contribution in [3.05, 3.63) is 77.9 Å². The van der Waals surface area contributed by atoms with Gasteiger partial charge in [-0.3, -0.25) is 14.4 Å². The van der Waals surface area contributed by atoms with Crippen LogP contribution in [0, 0.1) is 0 Å². The quantitative estimate of drug-likeness (QED) is 0.344. The average Bonchev–Trinajstić information content (AvgIpc) is 3.25. The van der Waals surface area contributed by atoms with Gasteiger partial charge in [0.2, 0.25) is 5.91 Å². The number of nitrogens with one attached hydrogen (secondary N) is 1. The zero-order valence-electron chi connectivity index (χ0n) is 20.1. The number of nitrogen functional groups attached to an aromatic ring is 1. The maximum atomic E-state index is 12.7. The normalized spacial score (nSPS) is 13.9. The summed E-state index contributed by atoms with van der Waals surface area (Å²) in [4.78, 5) is 47.4. The molecule has 0 unspecified atom stereocenters. The van der Waals surface area contributed by atoms with Gasteiger partial charge in [-0.1, -0.05) is 25.6 Å². The summed E-state index contributed by atoms with van der Waals surface area (Å²) in [5.74, 6) is 6.13. The molecule has 3 aromatic rings. The van der Waals surface area contributed by atoms with Crippen molar-refractivity contribution < 1.29 is 14.4 Å². The Hall–Kier alpha value is -4.47. The number of nitrogens with zero attached hydrogens (tertiary/aromatic N) is 4. The van der Waals surface area contributed by atoms with Gasteiger partial charge >= 0.3 is 0 Å². The van der Waals surface area contributed by atoms with Crippen molar-refractivity contribution in [3.8, 4) is 11.3 Å². The summed E-state index contributed by atoms with van der Waals surface area (Å²) in [5.41, 5.74) is 8.20. The highest BCUT2D eigenvalue weighted by Crippen LogP contribution is 2.31. The minimum absolute atomic E-state index is 0.0350. The number of carbonyl (C=O) groups is 3. The van der Waals surface area contributed by atoms with Gasteiger partial charge in [-0.15, -0.1) is 0 Å². The molecule has 1 saturated heterocycles. The molecule has 4 rings (SSSR count). The fourth-order valence-corrected chi connectivity index (χ4v) is 4.39. The summed E-state index contributed by atoms with van der Waals surface area (Å²) in [6.45, 7) is 6.65. The molecule has 1 fully saturated rings. The molecule has 36 heavy (non-hydrogen) atoms. The number of likely N-dealkylation sites (tertiary alicyclic amines) is 1. The number of piperidine rings is 1. The third-order valence-electron chi connectivity index (χ3n) is 6.41. The van der Waals surface area contributed by atoms with Gasteiger partial charge in [-0.25, -0.2) is 14.6 Å². The molecule has 1 aliphatic heterocycles. The standard InChI is InChI=1S/C26H29N7O3/c1-3-16-9-12-29-20(15-16)30-26(36)19-7-5-17(6-8-19)22-23(24(27)35)33(28)25(31-22)18-10-13-32(14-11-18)21(34)4-2/h4-9,12,15,18H,2-3,10-11,13-14,28H2,1H3,(H2,27,35)(H,29,30,36). The van der Waals surface area contributed by atoms with Gasteiger partial charge in [0.05, 0.1) is 0 Å². The smallest absolute Gasteiger partial charge is 0.269 e. The van der Waals surface area contributed by atoms with Crippen molar-refractivity contribution >= 4 is 23.5 Å². The average molecular weight is 488 g/mol. The van der Waals surface area contributed by atoms with E-state index in [9.17, 15) is 14.4 Å². The van der Waals surface area contributed by atoms with Crippen LogP contribution in [0.1, 0.15) is 57.9 Å². The Morgan fingerprint density at radius 1 is 1.17 bits per heavy atom. The lowest BCUT2D eigenvalue weighted by Crippen LogP contribution is -2.37. The Balaban J connectivity index is 1.55. The number of aromatic nitrogens is 3. The zero-order chi connectivity index (χ0) is 25.8. The van der Waals surface area contributed by atoms with Crippen LogP contribution in [0.2, 0.25) is 0 Å². The van der Waals surface area contributed by atoms with Crippen molar-refractivity contribution in [2.45, 2.75) is 32.1 Å². The molecule has 5 N–H and O–H groups in total. The Kier molecular flexibility index (Phi) is 7.14. The van der Waals surface area contributed by atoms with E-state index in [1.165, 1.54) is 10.8 Å². The zero-order valence-corrected chi connectivity index (χ0v) is 20.1. The van der Waals surface area contributed by atoms with Crippen molar-refractivity contribution in [1.29, 1.82) is 0 Å². The summed E-state index contributed by atoms with van der Waals surface area (Å²) in [7, 11) is 0. The highest BCUT2D eigenvalue weighted by Gasteiger charge is 2.30. The number of primary amides is 1. The minimum atomic E-state index is -0.700. The Morgan fingerprint density at radius 2 is 1.86 bits per heavy atom. The van der Waals surface area contributed by atoms with Gasteiger partial charge in [0.15, 0.2) is 5.69 Å². The van der Waals surface area contributed by atoms with E-state index in [1.54, 1.807) is 35.4 Å². The number of hydrogen-bond acceptors (Lipinski definition) is 6. The largest absolute Gasteiger partial charge is 0.364 e. The molecule has 0 bridgehead atoms. The second-order valence-electron chi connectivity index (χ2n) is 8.64. The maximum absolute atomic E-state index is 12.7. The molecule has 10 nitrogen and oxygen atoms in total. The van der Waals surface area contributed by atoms with Crippen LogP contribution in [0.15, 0.2) is 55.3 Å². The van der Waals surface area contributed by atoms with E-state index in [-0.39, 0.29) is 23.4 Å². The Labute approximate surface area is 209 Å². The first-order valence-corrected chi connectivity index (χ1v) is 11.8. The van der Waals surface area contributed by atoms with E-state index in [0.717, 1.165) is 12.0 Å². The van der Waals surface area contributed by atoms with Gasteiger partial charge in [-0.05, 0) is 55.2 Å². The molecule has 1 aliphatic rings.